The second-order valence-corrected chi connectivity index (χ2v) is 5.83. The van der Waals surface area contributed by atoms with E-state index in [0.29, 0.717) is 0 Å². The van der Waals surface area contributed by atoms with E-state index >= 15 is 0 Å². The lowest BCUT2D eigenvalue weighted by Crippen LogP contribution is -2.51. The van der Waals surface area contributed by atoms with E-state index in [1.165, 1.54) is 16.5 Å². The first-order valence-corrected chi connectivity index (χ1v) is 7.53. The highest BCUT2D eigenvalue weighted by Gasteiger charge is 2.30. The van der Waals surface area contributed by atoms with Crippen molar-refractivity contribution in [2.24, 2.45) is 5.73 Å². The predicted octanol–water partition coefficient (Wildman–Crippen LogP) is 3.79. The Morgan fingerprint density at radius 1 is 1.28 bits per heavy atom. The number of hydrogen-bond acceptors (Lipinski definition) is 2. The summed E-state index contributed by atoms with van der Waals surface area (Å²) in [6.45, 7) is 6.12. The third kappa shape index (κ3) is 3.56. The van der Waals surface area contributed by atoms with Crippen molar-refractivity contribution in [1.29, 1.82) is 0 Å². The zero-order chi connectivity index (χ0) is 13.6. The molecule has 0 aliphatic heterocycles. The van der Waals surface area contributed by atoms with Crippen LogP contribution in [0.2, 0.25) is 0 Å². The van der Waals surface area contributed by atoms with Crippen LogP contribution in [0.3, 0.4) is 0 Å². The highest BCUT2D eigenvalue weighted by molar-refractivity contribution is 9.10. The van der Waals surface area contributed by atoms with Gasteiger partial charge in [-0.2, -0.15) is 0 Å². The molecule has 0 spiro atoms. The van der Waals surface area contributed by atoms with Crippen molar-refractivity contribution in [2.45, 2.75) is 45.2 Å². The van der Waals surface area contributed by atoms with Crippen LogP contribution in [0.5, 0.6) is 0 Å². The van der Waals surface area contributed by atoms with Gasteiger partial charge in [-0.15, -0.1) is 0 Å². The van der Waals surface area contributed by atoms with E-state index in [9.17, 15) is 0 Å². The number of nitrogens with zero attached hydrogens (tertiary/aromatic N) is 1. The van der Waals surface area contributed by atoms with E-state index in [1.807, 2.05) is 0 Å². The van der Waals surface area contributed by atoms with Gasteiger partial charge >= 0.3 is 0 Å². The molecule has 1 aromatic carbocycles. The molecule has 2 nitrogen and oxygen atoms in total. The Morgan fingerprint density at radius 3 is 2.44 bits per heavy atom. The average molecular weight is 313 g/mol. The van der Waals surface area contributed by atoms with Crippen LogP contribution in [0.1, 0.15) is 38.7 Å². The highest BCUT2D eigenvalue weighted by atomic mass is 79.9. The molecule has 0 heterocycles. The van der Waals surface area contributed by atoms with Gasteiger partial charge in [-0.1, -0.05) is 54.4 Å². The molecule has 0 fully saturated rings. The van der Waals surface area contributed by atoms with Gasteiger partial charge in [-0.3, -0.25) is 4.90 Å². The zero-order valence-electron chi connectivity index (χ0n) is 11.7. The molecule has 102 valence electrons. The first-order chi connectivity index (χ1) is 8.59. The van der Waals surface area contributed by atoms with Gasteiger partial charge in [0, 0.05) is 23.1 Å². The van der Waals surface area contributed by atoms with Gasteiger partial charge in [0.1, 0.15) is 0 Å². The maximum atomic E-state index is 6.04. The SMILES string of the molecule is CCCC(CC)(CN)N(C)Cc1ccccc1Br. The Labute approximate surface area is 120 Å². The van der Waals surface area contributed by atoms with Crippen LogP contribution in [0.15, 0.2) is 28.7 Å². The number of halogens is 1. The third-order valence-corrected chi connectivity index (χ3v) is 4.70. The van der Waals surface area contributed by atoms with Gasteiger partial charge in [-0.25, -0.2) is 0 Å². The lowest BCUT2D eigenvalue weighted by Gasteiger charge is -2.41. The van der Waals surface area contributed by atoms with Gasteiger partial charge in [0.15, 0.2) is 0 Å². The van der Waals surface area contributed by atoms with E-state index < -0.39 is 0 Å². The topological polar surface area (TPSA) is 29.3 Å². The summed E-state index contributed by atoms with van der Waals surface area (Å²) in [4.78, 5) is 2.41. The zero-order valence-corrected chi connectivity index (χ0v) is 13.3. The number of likely N-dealkylation sites (N-methyl/N-ethyl adjacent to an activating group) is 1. The molecule has 0 bridgehead atoms. The smallest absolute Gasteiger partial charge is 0.0329 e. The lowest BCUT2D eigenvalue weighted by atomic mass is 9.88. The first kappa shape index (κ1) is 15.7. The molecule has 3 heteroatoms. The second-order valence-electron chi connectivity index (χ2n) is 4.98. The quantitative estimate of drug-likeness (QED) is 0.830. The van der Waals surface area contributed by atoms with Crippen LogP contribution >= 0.6 is 15.9 Å². The van der Waals surface area contributed by atoms with Crippen molar-refractivity contribution in [3.8, 4) is 0 Å². The van der Waals surface area contributed by atoms with Crippen molar-refractivity contribution < 1.29 is 0 Å². The molecular weight excluding hydrogens is 288 g/mol. The molecule has 0 aromatic heterocycles. The van der Waals surface area contributed by atoms with Crippen LogP contribution < -0.4 is 5.73 Å². The minimum absolute atomic E-state index is 0.129. The maximum absolute atomic E-state index is 6.04. The van der Waals surface area contributed by atoms with Gasteiger partial charge < -0.3 is 5.73 Å². The molecule has 1 rings (SSSR count). The van der Waals surface area contributed by atoms with Crippen molar-refractivity contribution >= 4 is 15.9 Å². The fraction of sp³-hybridized carbons (Fsp3) is 0.600. The monoisotopic (exact) mass is 312 g/mol. The Morgan fingerprint density at radius 2 is 1.94 bits per heavy atom. The van der Waals surface area contributed by atoms with Gasteiger partial charge in [0.25, 0.3) is 0 Å². The van der Waals surface area contributed by atoms with E-state index in [2.05, 4.69) is 66.0 Å². The second kappa shape index (κ2) is 7.27. The number of nitrogens with two attached hydrogens (primary N) is 1. The van der Waals surface area contributed by atoms with E-state index in [0.717, 1.165) is 25.9 Å². The lowest BCUT2D eigenvalue weighted by molar-refractivity contribution is 0.101. The predicted molar refractivity (Wildman–Crippen MR) is 82.6 cm³/mol. The molecule has 0 radical (unpaired) electrons. The summed E-state index contributed by atoms with van der Waals surface area (Å²) < 4.78 is 1.18. The van der Waals surface area contributed by atoms with Crippen LogP contribution in [-0.4, -0.2) is 24.0 Å². The van der Waals surface area contributed by atoms with Crippen LogP contribution in [0.25, 0.3) is 0 Å². The van der Waals surface area contributed by atoms with Crippen LogP contribution in [-0.2, 0) is 6.54 Å². The fourth-order valence-electron chi connectivity index (χ4n) is 2.55. The molecule has 0 aliphatic rings. The Balaban J connectivity index is 2.85. The number of benzene rings is 1. The van der Waals surface area contributed by atoms with Crippen molar-refractivity contribution in [2.75, 3.05) is 13.6 Å². The van der Waals surface area contributed by atoms with Crippen molar-refractivity contribution in [3.63, 3.8) is 0 Å². The van der Waals surface area contributed by atoms with Gasteiger partial charge in [0.2, 0.25) is 0 Å². The summed E-state index contributed by atoms with van der Waals surface area (Å²) in [7, 11) is 2.19. The van der Waals surface area contributed by atoms with E-state index in [1.54, 1.807) is 0 Å². The van der Waals surface area contributed by atoms with Crippen LogP contribution in [0.4, 0.5) is 0 Å². The fourth-order valence-corrected chi connectivity index (χ4v) is 2.97. The molecule has 1 atom stereocenters. The van der Waals surface area contributed by atoms with Crippen LogP contribution in [0, 0.1) is 0 Å². The normalized spacial score (nSPS) is 14.8. The molecule has 1 unspecified atom stereocenters. The van der Waals surface area contributed by atoms with Crippen molar-refractivity contribution in [1.82, 2.24) is 4.90 Å². The highest BCUT2D eigenvalue weighted by Crippen LogP contribution is 2.27. The molecule has 0 amide bonds. The number of rotatable bonds is 7. The first-order valence-electron chi connectivity index (χ1n) is 6.74. The minimum Gasteiger partial charge on any atom is -0.329 e. The third-order valence-electron chi connectivity index (χ3n) is 3.93. The molecule has 0 saturated heterocycles. The Hall–Kier alpha value is -0.380. The maximum Gasteiger partial charge on any atom is 0.0329 e. The molecular formula is C15H25BrN2. The minimum atomic E-state index is 0.129. The van der Waals surface area contributed by atoms with Gasteiger partial charge in [-0.05, 0) is 31.5 Å². The average Bonchev–Trinajstić information content (AvgIpc) is 2.38. The molecule has 1 aromatic rings. The Kier molecular flexibility index (Phi) is 6.33. The summed E-state index contributed by atoms with van der Waals surface area (Å²) in [5.74, 6) is 0. The van der Waals surface area contributed by atoms with Crippen molar-refractivity contribution in [3.05, 3.63) is 34.3 Å². The summed E-state index contributed by atoms with van der Waals surface area (Å²) >= 11 is 3.62. The van der Waals surface area contributed by atoms with E-state index in [-0.39, 0.29) is 5.54 Å². The number of hydrogen-bond donors (Lipinski definition) is 1. The standard InChI is InChI=1S/C15H25BrN2/c1-4-10-15(5-2,12-17)18(3)11-13-8-6-7-9-14(13)16/h6-9H,4-5,10-12,17H2,1-3H3. The summed E-state index contributed by atoms with van der Waals surface area (Å²) in [5.41, 5.74) is 7.49. The molecule has 0 aliphatic carbocycles. The molecule has 0 saturated carbocycles. The van der Waals surface area contributed by atoms with Gasteiger partial charge in [0.05, 0.1) is 0 Å². The Bertz CT molecular complexity index is 361. The largest absolute Gasteiger partial charge is 0.329 e. The molecule has 18 heavy (non-hydrogen) atoms. The summed E-state index contributed by atoms with van der Waals surface area (Å²) in [6.07, 6.45) is 3.42. The van der Waals surface area contributed by atoms with E-state index in [4.69, 9.17) is 5.73 Å². The summed E-state index contributed by atoms with van der Waals surface area (Å²) in [5, 5.41) is 0. The molecule has 2 N–H and O–H groups in total. The summed E-state index contributed by atoms with van der Waals surface area (Å²) in [6, 6.07) is 8.40.